The van der Waals surface area contributed by atoms with Crippen LogP contribution in [0.4, 0.5) is 14.5 Å². The third-order valence-electron chi connectivity index (χ3n) is 2.70. The molecule has 0 fully saturated rings. The Morgan fingerprint density at radius 1 is 1.10 bits per heavy atom. The summed E-state index contributed by atoms with van der Waals surface area (Å²) >= 11 is 5.68. The molecule has 0 saturated heterocycles. The van der Waals surface area contributed by atoms with E-state index in [0.29, 0.717) is 0 Å². The van der Waals surface area contributed by atoms with Crippen LogP contribution in [0.2, 0.25) is 5.02 Å². The van der Waals surface area contributed by atoms with Gasteiger partial charge >= 0.3 is 0 Å². The number of halogens is 3. The fraction of sp³-hybridized carbons (Fsp3) is 0.0769. The summed E-state index contributed by atoms with van der Waals surface area (Å²) in [6.45, 7) is 0. The van der Waals surface area contributed by atoms with E-state index in [-0.39, 0.29) is 15.6 Å². The van der Waals surface area contributed by atoms with Gasteiger partial charge in [0.25, 0.3) is 0 Å². The molecule has 0 atom stereocenters. The Kier molecular flexibility index (Phi) is 3.96. The Labute approximate surface area is 119 Å². The van der Waals surface area contributed by atoms with Crippen molar-refractivity contribution in [1.29, 1.82) is 0 Å². The molecule has 0 aliphatic rings. The summed E-state index contributed by atoms with van der Waals surface area (Å²) in [5.74, 6) is -2.64. The highest BCUT2D eigenvalue weighted by Gasteiger charge is 2.22. The first kappa shape index (κ1) is 14.7. The number of nitrogen functional groups attached to an aromatic ring is 1. The molecular weight excluding hydrogens is 308 g/mol. The zero-order chi connectivity index (χ0) is 14.9. The minimum atomic E-state index is -3.97. The van der Waals surface area contributed by atoms with Gasteiger partial charge in [-0.3, -0.25) is 0 Å². The second-order valence-electron chi connectivity index (χ2n) is 4.14. The first-order valence-corrected chi connectivity index (χ1v) is 7.55. The van der Waals surface area contributed by atoms with Crippen molar-refractivity contribution in [3.05, 3.63) is 58.6 Å². The van der Waals surface area contributed by atoms with E-state index < -0.39 is 32.8 Å². The van der Waals surface area contributed by atoms with Crippen molar-refractivity contribution in [3.8, 4) is 0 Å². The smallest absolute Gasteiger partial charge is 0.184 e. The van der Waals surface area contributed by atoms with Gasteiger partial charge in [0.05, 0.1) is 16.3 Å². The van der Waals surface area contributed by atoms with Crippen LogP contribution in [0.15, 0.2) is 41.3 Å². The molecule has 20 heavy (non-hydrogen) atoms. The molecule has 0 saturated carbocycles. The minimum absolute atomic E-state index is 0.0609. The number of anilines is 1. The van der Waals surface area contributed by atoms with Gasteiger partial charge in [-0.2, -0.15) is 0 Å². The van der Waals surface area contributed by atoms with Crippen molar-refractivity contribution in [1.82, 2.24) is 0 Å². The summed E-state index contributed by atoms with van der Waals surface area (Å²) in [7, 11) is -3.97. The van der Waals surface area contributed by atoms with Gasteiger partial charge in [0, 0.05) is 10.6 Å². The van der Waals surface area contributed by atoms with Gasteiger partial charge in [-0.25, -0.2) is 17.2 Å². The van der Waals surface area contributed by atoms with Crippen LogP contribution < -0.4 is 5.73 Å². The summed E-state index contributed by atoms with van der Waals surface area (Å²) in [6, 6.07) is 7.00. The van der Waals surface area contributed by atoms with Gasteiger partial charge in [-0.15, -0.1) is 0 Å². The molecular formula is C13H10ClF2NO2S. The molecule has 106 valence electrons. The number of benzene rings is 2. The predicted molar refractivity (Wildman–Crippen MR) is 73.1 cm³/mol. The zero-order valence-corrected chi connectivity index (χ0v) is 11.7. The Balaban J connectivity index is 2.46. The Morgan fingerprint density at radius 3 is 2.25 bits per heavy atom. The van der Waals surface area contributed by atoms with Crippen LogP contribution in [0, 0.1) is 11.6 Å². The quantitative estimate of drug-likeness (QED) is 0.884. The van der Waals surface area contributed by atoms with E-state index in [0.717, 1.165) is 18.2 Å². The Morgan fingerprint density at radius 2 is 1.70 bits per heavy atom. The van der Waals surface area contributed by atoms with Crippen LogP contribution in [0.25, 0.3) is 0 Å². The number of sulfone groups is 1. The van der Waals surface area contributed by atoms with Crippen LogP contribution in [0.1, 0.15) is 5.56 Å². The van der Waals surface area contributed by atoms with Crippen molar-refractivity contribution in [2.24, 2.45) is 0 Å². The highest BCUT2D eigenvalue weighted by atomic mass is 35.5. The van der Waals surface area contributed by atoms with Gasteiger partial charge in [-0.1, -0.05) is 17.7 Å². The molecule has 0 spiro atoms. The molecule has 2 aromatic rings. The van der Waals surface area contributed by atoms with Crippen molar-refractivity contribution in [3.63, 3.8) is 0 Å². The molecule has 0 aliphatic heterocycles. The highest BCUT2D eigenvalue weighted by molar-refractivity contribution is 7.90. The van der Waals surface area contributed by atoms with Crippen molar-refractivity contribution < 1.29 is 17.2 Å². The maximum atomic E-state index is 13.5. The molecule has 2 aromatic carbocycles. The average Bonchev–Trinajstić information content (AvgIpc) is 2.33. The molecule has 0 aliphatic carbocycles. The van der Waals surface area contributed by atoms with Gasteiger partial charge in [-0.05, 0) is 30.3 Å². The fourth-order valence-corrected chi connectivity index (χ4v) is 3.43. The topological polar surface area (TPSA) is 60.2 Å². The first-order chi connectivity index (χ1) is 9.31. The minimum Gasteiger partial charge on any atom is -0.398 e. The predicted octanol–water partition coefficient (Wildman–Crippen LogP) is 3.17. The lowest BCUT2D eigenvalue weighted by Crippen LogP contribution is -2.10. The Bertz CT molecular complexity index is 743. The van der Waals surface area contributed by atoms with Crippen LogP contribution in [0.5, 0.6) is 0 Å². The van der Waals surface area contributed by atoms with Crippen molar-refractivity contribution >= 4 is 27.1 Å². The van der Waals surface area contributed by atoms with Gasteiger partial charge < -0.3 is 5.73 Å². The van der Waals surface area contributed by atoms with Crippen LogP contribution in [0.3, 0.4) is 0 Å². The second-order valence-corrected chi connectivity index (χ2v) is 6.54. The lowest BCUT2D eigenvalue weighted by Gasteiger charge is -2.09. The van der Waals surface area contributed by atoms with E-state index in [1.807, 2.05) is 0 Å². The maximum absolute atomic E-state index is 13.5. The maximum Gasteiger partial charge on any atom is 0.184 e. The van der Waals surface area contributed by atoms with Crippen LogP contribution in [-0.2, 0) is 15.6 Å². The normalized spacial score (nSPS) is 11.6. The van der Waals surface area contributed by atoms with E-state index in [2.05, 4.69) is 0 Å². The third-order valence-corrected chi connectivity index (χ3v) is 4.65. The van der Waals surface area contributed by atoms with Gasteiger partial charge in [0.15, 0.2) is 9.84 Å². The number of nitrogens with two attached hydrogens (primary N) is 1. The number of rotatable bonds is 3. The molecule has 0 heterocycles. The largest absolute Gasteiger partial charge is 0.398 e. The standard InChI is InChI=1S/C13H10ClF2NO2S/c14-8-4-5-13(12(17)6-8)20(18,19)7-9-10(15)2-1-3-11(9)16/h1-6H,7,17H2. The molecule has 0 amide bonds. The lowest BCUT2D eigenvalue weighted by atomic mass is 10.2. The third kappa shape index (κ3) is 2.91. The summed E-state index contributed by atoms with van der Waals surface area (Å²) in [5, 5.41) is 0.276. The summed E-state index contributed by atoms with van der Waals surface area (Å²) < 4.78 is 51.4. The van der Waals surface area contributed by atoms with Gasteiger partial charge in [0.2, 0.25) is 0 Å². The van der Waals surface area contributed by atoms with Crippen LogP contribution in [-0.4, -0.2) is 8.42 Å². The molecule has 0 aromatic heterocycles. The summed E-state index contributed by atoms with van der Waals surface area (Å²) in [5.41, 5.74) is 5.01. The highest BCUT2D eigenvalue weighted by Crippen LogP contribution is 2.27. The summed E-state index contributed by atoms with van der Waals surface area (Å²) in [4.78, 5) is -0.204. The lowest BCUT2D eigenvalue weighted by molar-refractivity contribution is 0.556. The van der Waals surface area contributed by atoms with E-state index >= 15 is 0 Å². The molecule has 3 nitrogen and oxygen atoms in total. The van der Waals surface area contributed by atoms with E-state index in [9.17, 15) is 17.2 Å². The second kappa shape index (κ2) is 5.38. The molecule has 2 N–H and O–H groups in total. The van der Waals surface area contributed by atoms with E-state index in [1.165, 1.54) is 18.2 Å². The van der Waals surface area contributed by atoms with E-state index in [1.54, 1.807) is 0 Å². The average molecular weight is 318 g/mol. The van der Waals surface area contributed by atoms with Crippen molar-refractivity contribution in [2.45, 2.75) is 10.6 Å². The summed E-state index contributed by atoms with van der Waals surface area (Å²) in [6.07, 6.45) is 0. The number of hydrogen-bond acceptors (Lipinski definition) is 3. The molecule has 0 unspecified atom stereocenters. The number of hydrogen-bond donors (Lipinski definition) is 1. The first-order valence-electron chi connectivity index (χ1n) is 5.52. The molecule has 2 rings (SSSR count). The van der Waals surface area contributed by atoms with Crippen molar-refractivity contribution in [2.75, 3.05) is 5.73 Å². The monoisotopic (exact) mass is 317 g/mol. The van der Waals surface area contributed by atoms with Crippen LogP contribution >= 0.6 is 11.6 Å². The molecule has 0 radical (unpaired) electrons. The molecule has 0 bridgehead atoms. The zero-order valence-electron chi connectivity index (χ0n) is 10.1. The SMILES string of the molecule is Nc1cc(Cl)ccc1S(=O)(=O)Cc1c(F)cccc1F. The van der Waals surface area contributed by atoms with E-state index in [4.69, 9.17) is 17.3 Å². The van der Waals surface area contributed by atoms with Gasteiger partial charge in [0.1, 0.15) is 11.6 Å². The fourth-order valence-electron chi connectivity index (χ4n) is 1.74. The molecule has 7 heteroatoms. The Hall–Kier alpha value is -1.66.